The number of rotatable bonds is 2. The third kappa shape index (κ3) is 2.05. The molecular formula is C12H22N2O4. The van der Waals surface area contributed by atoms with Crippen molar-refractivity contribution < 1.29 is 19.5 Å². The predicted octanol–water partition coefficient (Wildman–Crippen LogP) is 1.56. The van der Waals surface area contributed by atoms with Gasteiger partial charge in [0.2, 0.25) is 0 Å². The fourth-order valence-electron chi connectivity index (χ4n) is 2.74. The number of likely N-dealkylation sites (N-methyl/N-ethyl adjacent to an activating group) is 1. The van der Waals surface area contributed by atoms with Gasteiger partial charge in [-0.2, -0.15) is 0 Å². The molecule has 1 aliphatic rings. The number of carboxylic acid groups (broad SMARTS) is 1. The average Bonchev–Trinajstić information content (AvgIpc) is 2.71. The number of carbonyl (C=O) groups is 2. The first-order chi connectivity index (χ1) is 8.18. The summed E-state index contributed by atoms with van der Waals surface area (Å²) in [6, 6.07) is 0. The number of hydrogen-bond acceptors (Lipinski definition) is 3. The van der Waals surface area contributed by atoms with Crippen LogP contribution in [0.3, 0.4) is 0 Å². The molecule has 0 bridgehead atoms. The topological polar surface area (TPSA) is 70.1 Å². The third-order valence-electron chi connectivity index (χ3n) is 3.77. The molecule has 2 amide bonds. The molecule has 0 unspecified atom stereocenters. The molecule has 1 N–H and O–H groups in total. The fourth-order valence-corrected chi connectivity index (χ4v) is 2.74. The van der Waals surface area contributed by atoms with Crippen LogP contribution in [0.1, 0.15) is 33.6 Å². The molecule has 0 aromatic heterocycles. The van der Waals surface area contributed by atoms with Crippen molar-refractivity contribution in [3.05, 3.63) is 0 Å². The average molecular weight is 258 g/mol. The first-order valence-corrected chi connectivity index (χ1v) is 6.01. The number of nitrogens with zero attached hydrogens (tertiary/aromatic N) is 2. The monoisotopic (exact) mass is 258 g/mol. The van der Waals surface area contributed by atoms with Gasteiger partial charge in [0.15, 0.2) is 0 Å². The minimum absolute atomic E-state index is 0.308. The van der Waals surface area contributed by atoms with Crippen LogP contribution in [0.5, 0.6) is 0 Å². The van der Waals surface area contributed by atoms with Crippen molar-refractivity contribution >= 4 is 12.0 Å². The Kier molecular flexibility index (Phi) is 3.90. The summed E-state index contributed by atoms with van der Waals surface area (Å²) in [5.74, 6) is -0.308. The molecule has 0 radical (unpaired) electrons. The molecule has 1 aliphatic heterocycles. The molecule has 0 aromatic carbocycles. The molecule has 1 rings (SSSR count). The second-order valence-corrected chi connectivity index (χ2v) is 5.63. The van der Waals surface area contributed by atoms with Crippen molar-refractivity contribution in [1.29, 1.82) is 0 Å². The summed E-state index contributed by atoms with van der Waals surface area (Å²) in [6.07, 6.45) is 0.155. The Morgan fingerprint density at radius 2 is 1.94 bits per heavy atom. The van der Waals surface area contributed by atoms with E-state index in [-0.39, 0.29) is 5.91 Å². The molecule has 1 heterocycles. The van der Waals surface area contributed by atoms with Gasteiger partial charge in [-0.05, 0) is 18.3 Å². The fraction of sp³-hybridized carbons (Fsp3) is 0.833. The van der Waals surface area contributed by atoms with Gasteiger partial charge in [-0.15, -0.1) is 0 Å². The van der Waals surface area contributed by atoms with Crippen LogP contribution in [0.25, 0.3) is 0 Å². The van der Waals surface area contributed by atoms with Crippen molar-refractivity contribution in [3.8, 4) is 0 Å². The molecule has 18 heavy (non-hydrogen) atoms. The highest BCUT2D eigenvalue weighted by Crippen LogP contribution is 2.44. The minimum Gasteiger partial charge on any atom is -0.465 e. The summed E-state index contributed by atoms with van der Waals surface area (Å²) in [5.41, 5.74) is -1.55. The highest BCUT2D eigenvalue weighted by Gasteiger charge is 2.58. The number of likely N-dealkylation sites (tertiary alicyclic amines) is 1. The zero-order valence-corrected chi connectivity index (χ0v) is 11.7. The Morgan fingerprint density at radius 3 is 2.33 bits per heavy atom. The third-order valence-corrected chi connectivity index (χ3v) is 3.77. The van der Waals surface area contributed by atoms with Crippen molar-refractivity contribution in [3.63, 3.8) is 0 Å². The van der Waals surface area contributed by atoms with Gasteiger partial charge in [0.25, 0.3) is 5.91 Å². The second-order valence-electron chi connectivity index (χ2n) is 5.63. The van der Waals surface area contributed by atoms with E-state index in [1.54, 1.807) is 0 Å². The Bertz CT molecular complexity index is 350. The quantitative estimate of drug-likeness (QED) is 0.763. The largest absolute Gasteiger partial charge is 0.465 e. The molecule has 104 valence electrons. The van der Waals surface area contributed by atoms with Crippen LogP contribution >= 0.6 is 0 Å². The normalized spacial score (nSPS) is 24.2. The maximum atomic E-state index is 12.6. The molecule has 0 spiro atoms. The van der Waals surface area contributed by atoms with Gasteiger partial charge in [0.1, 0.15) is 5.54 Å². The zero-order chi connectivity index (χ0) is 14.1. The maximum Gasteiger partial charge on any atom is 0.408 e. The zero-order valence-electron chi connectivity index (χ0n) is 11.7. The lowest BCUT2D eigenvalue weighted by atomic mass is 9.71. The number of hydrogen-bond donors (Lipinski definition) is 1. The van der Waals surface area contributed by atoms with Crippen LogP contribution in [0, 0.1) is 5.41 Å². The van der Waals surface area contributed by atoms with E-state index in [9.17, 15) is 14.7 Å². The van der Waals surface area contributed by atoms with Gasteiger partial charge in [-0.1, -0.05) is 20.8 Å². The van der Waals surface area contributed by atoms with Crippen molar-refractivity contribution in [2.75, 3.05) is 20.7 Å². The van der Waals surface area contributed by atoms with E-state index >= 15 is 0 Å². The minimum atomic E-state index is -1.06. The Hall–Kier alpha value is -1.30. The summed E-state index contributed by atoms with van der Waals surface area (Å²) < 4.78 is 0. The summed E-state index contributed by atoms with van der Waals surface area (Å²) >= 11 is 0. The van der Waals surface area contributed by atoms with E-state index in [2.05, 4.69) is 0 Å². The van der Waals surface area contributed by atoms with Gasteiger partial charge in [-0.3, -0.25) is 14.5 Å². The van der Waals surface area contributed by atoms with E-state index in [0.29, 0.717) is 19.4 Å². The van der Waals surface area contributed by atoms with Crippen LogP contribution in [-0.4, -0.2) is 53.3 Å². The van der Waals surface area contributed by atoms with Gasteiger partial charge in [-0.25, -0.2) is 9.86 Å². The summed E-state index contributed by atoms with van der Waals surface area (Å²) in [7, 11) is 2.91. The molecule has 1 atom stereocenters. The molecule has 0 aromatic rings. The van der Waals surface area contributed by atoms with Crippen LogP contribution in [0.15, 0.2) is 0 Å². The van der Waals surface area contributed by atoms with Gasteiger partial charge in [0, 0.05) is 13.6 Å². The number of hydroxylamine groups is 2. The van der Waals surface area contributed by atoms with Crippen LogP contribution < -0.4 is 0 Å². The van der Waals surface area contributed by atoms with E-state index in [4.69, 9.17) is 4.84 Å². The first-order valence-electron chi connectivity index (χ1n) is 6.01. The van der Waals surface area contributed by atoms with Gasteiger partial charge in [0.05, 0.1) is 7.11 Å². The van der Waals surface area contributed by atoms with E-state index in [1.165, 1.54) is 19.1 Å². The Labute approximate surface area is 107 Å². The van der Waals surface area contributed by atoms with Crippen LogP contribution in [0.2, 0.25) is 0 Å². The molecule has 6 nitrogen and oxygen atoms in total. The molecule has 6 heteroatoms. The molecule has 1 fully saturated rings. The highest BCUT2D eigenvalue weighted by atomic mass is 16.7. The predicted molar refractivity (Wildman–Crippen MR) is 65.9 cm³/mol. The lowest BCUT2D eigenvalue weighted by Gasteiger charge is -2.46. The van der Waals surface area contributed by atoms with Crippen LogP contribution in [-0.2, 0) is 9.63 Å². The smallest absolute Gasteiger partial charge is 0.408 e. The van der Waals surface area contributed by atoms with E-state index in [0.717, 1.165) is 5.06 Å². The van der Waals surface area contributed by atoms with Crippen molar-refractivity contribution in [2.24, 2.45) is 5.41 Å². The number of carbonyl (C=O) groups excluding carboxylic acids is 1. The summed E-state index contributed by atoms with van der Waals surface area (Å²) in [5, 5.41) is 10.4. The maximum absolute atomic E-state index is 12.6. The standard InChI is InChI=1S/C12H22N2O4/c1-11(2,3)12(9(15)13(4)18-5)7-6-8-14(12)10(16)17/h6-8H2,1-5H3,(H,16,17)/t12-/m0/s1. The molecule has 0 aliphatic carbocycles. The SMILES string of the molecule is CON(C)C(=O)[C@]1(C(C)(C)C)CCCN1C(=O)O. The van der Waals surface area contributed by atoms with Crippen LogP contribution in [0.4, 0.5) is 4.79 Å². The van der Waals surface area contributed by atoms with Crippen molar-refractivity contribution in [2.45, 2.75) is 39.2 Å². The Balaban J connectivity index is 3.27. The van der Waals surface area contributed by atoms with Crippen molar-refractivity contribution in [1.82, 2.24) is 9.96 Å². The molecule has 0 saturated carbocycles. The van der Waals surface area contributed by atoms with Gasteiger partial charge < -0.3 is 5.11 Å². The lowest BCUT2D eigenvalue weighted by Crippen LogP contribution is -2.63. The molecular weight excluding hydrogens is 236 g/mol. The first kappa shape index (κ1) is 14.8. The summed E-state index contributed by atoms with van der Waals surface area (Å²) in [4.78, 5) is 30.1. The van der Waals surface area contributed by atoms with E-state index < -0.39 is 17.0 Å². The highest BCUT2D eigenvalue weighted by molar-refractivity contribution is 5.90. The van der Waals surface area contributed by atoms with E-state index in [1.807, 2.05) is 20.8 Å². The molecule has 1 saturated heterocycles. The Morgan fingerprint density at radius 1 is 1.39 bits per heavy atom. The van der Waals surface area contributed by atoms with Gasteiger partial charge >= 0.3 is 6.09 Å². The number of amides is 2. The summed E-state index contributed by atoms with van der Waals surface area (Å²) in [6.45, 7) is 6.04. The lowest BCUT2D eigenvalue weighted by molar-refractivity contribution is -0.186. The second kappa shape index (κ2) is 4.76.